The van der Waals surface area contributed by atoms with Gasteiger partial charge in [-0.3, -0.25) is 0 Å². The number of unbranched alkanes of at least 4 members (excludes halogenated alkanes) is 1. The number of hydrogen-bond acceptors (Lipinski definition) is 4. The van der Waals surface area contributed by atoms with Gasteiger partial charge in [0.15, 0.2) is 0 Å². The van der Waals surface area contributed by atoms with Gasteiger partial charge in [0.25, 0.3) is 0 Å². The third kappa shape index (κ3) is 11.7. The van der Waals surface area contributed by atoms with Crippen LogP contribution in [0.4, 0.5) is 0 Å². The maximum atomic E-state index is 5.51. The summed E-state index contributed by atoms with van der Waals surface area (Å²) in [5.41, 5.74) is 0. The van der Waals surface area contributed by atoms with Crippen LogP contribution in [0.25, 0.3) is 0 Å². The molecule has 0 radical (unpaired) electrons. The molecule has 0 aliphatic heterocycles. The molecule has 0 aromatic carbocycles. The second kappa shape index (κ2) is 13.5. The van der Waals surface area contributed by atoms with Crippen LogP contribution in [0.3, 0.4) is 0 Å². The van der Waals surface area contributed by atoms with Gasteiger partial charge >= 0.3 is 0 Å². The second-order valence-corrected chi connectivity index (χ2v) is 3.76. The first-order valence-electron chi connectivity index (χ1n) is 6.22. The van der Waals surface area contributed by atoms with Crippen molar-refractivity contribution in [1.82, 2.24) is 10.6 Å². The largest absolute Gasteiger partial charge is 0.379 e. The van der Waals surface area contributed by atoms with E-state index in [-0.39, 0.29) is 0 Å². The van der Waals surface area contributed by atoms with Crippen molar-refractivity contribution >= 4 is 0 Å². The summed E-state index contributed by atoms with van der Waals surface area (Å²) in [6.45, 7) is 5.56. The van der Waals surface area contributed by atoms with Crippen LogP contribution in [0.15, 0.2) is 0 Å². The van der Waals surface area contributed by atoms with Crippen molar-refractivity contribution in [1.29, 1.82) is 0 Å². The Kier molecular flexibility index (Phi) is 13.0. The minimum absolute atomic E-state index is 0.361. The summed E-state index contributed by atoms with van der Waals surface area (Å²) in [6.07, 6.45) is 1.92. The van der Waals surface area contributed by atoms with Crippen LogP contribution in [0.2, 0.25) is 0 Å². The molecule has 100 valence electrons. The molecule has 0 bridgehead atoms. The maximum Gasteiger partial charge on any atom is 0.0701 e. The van der Waals surface area contributed by atoms with E-state index in [2.05, 4.69) is 22.5 Å². The van der Waals surface area contributed by atoms with E-state index in [0.29, 0.717) is 25.9 Å². The van der Waals surface area contributed by atoms with E-state index in [0.717, 1.165) is 26.0 Å². The summed E-state index contributed by atoms with van der Waals surface area (Å²) in [5, 5.41) is 6.30. The summed E-state index contributed by atoms with van der Waals surface area (Å²) in [7, 11) is 3.88. The number of rotatable bonds is 11. The highest BCUT2D eigenvalue weighted by atomic mass is 16.5. The van der Waals surface area contributed by atoms with Crippen LogP contribution in [0, 0.1) is 11.8 Å². The lowest BCUT2D eigenvalue weighted by Crippen LogP contribution is -2.39. The Morgan fingerprint density at radius 3 is 2.53 bits per heavy atom. The van der Waals surface area contributed by atoms with E-state index < -0.39 is 0 Å². The maximum absolute atomic E-state index is 5.51. The molecule has 0 heterocycles. The molecule has 4 nitrogen and oxygen atoms in total. The Hall–Kier alpha value is -0.600. The summed E-state index contributed by atoms with van der Waals surface area (Å²) in [4.78, 5) is 0. The monoisotopic (exact) mass is 242 g/mol. The van der Waals surface area contributed by atoms with Crippen molar-refractivity contribution in [2.24, 2.45) is 0 Å². The zero-order valence-corrected chi connectivity index (χ0v) is 11.3. The quantitative estimate of drug-likeness (QED) is 0.412. The predicted molar refractivity (Wildman–Crippen MR) is 71.1 cm³/mol. The fraction of sp³-hybridized carbons (Fsp3) is 0.846. The second-order valence-electron chi connectivity index (χ2n) is 3.76. The van der Waals surface area contributed by atoms with Crippen molar-refractivity contribution in [3.05, 3.63) is 0 Å². The topological polar surface area (TPSA) is 42.5 Å². The van der Waals surface area contributed by atoms with Crippen LogP contribution in [0.5, 0.6) is 0 Å². The van der Waals surface area contributed by atoms with Gasteiger partial charge in [-0.2, -0.15) is 0 Å². The highest BCUT2D eigenvalue weighted by Crippen LogP contribution is 1.89. The molecule has 0 amide bonds. The average molecular weight is 242 g/mol. The number of likely N-dealkylation sites (N-methyl/N-ethyl adjacent to an activating group) is 2. The minimum atomic E-state index is 0.361. The lowest BCUT2D eigenvalue weighted by atomic mass is 10.3. The molecule has 0 saturated heterocycles. The first kappa shape index (κ1) is 16.4. The molecule has 1 atom stereocenters. The summed E-state index contributed by atoms with van der Waals surface area (Å²) < 4.78 is 10.9. The third-order valence-corrected chi connectivity index (χ3v) is 2.32. The van der Waals surface area contributed by atoms with Crippen molar-refractivity contribution < 1.29 is 9.47 Å². The lowest BCUT2D eigenvalue weighted by Gasteiger charge is -2.15. The van der Waals surface area contributed by atoms with Crippen molar-refractivity contribution in [2.45, 2.75) is 25.8 Å². The van der Waals surface area contributed by atoms with Gasteiger partial charge in [0.05, 0.1) is 19.8 Å². The molecule has 4 heteroatoms. The first-order valence-corrected chi connectivity index (χ1v) is 6.22. The van der Waals surface area contributed by atoms with Crippen molar-refractivity contribution in [3.63, 3.8) is 0 Å². The zero-order valence-electron chi connectivity index (χ0n) is 11.3. The van der Waals surface area contributed by atoms with Gasteiger partial charge in [-0.15, -0.1) is 11.8 Å². The van der Waals surface area contributed by atoms with E-state index in [1.807, 2.05) is 21.0 Å². The van der Waals surface area contributed by atoms with E-state index in [9.17, 15) is 0 Å². The Labute approximate surface area is 105 Å². The van der Waals surface area contributed by atoms with Crippen LogP contribution in [-0.2, 0) is 9.47 Å². The third-order valence-electron chi connectivity index (χ3n) is 2.32. The molecular weight excluding hydrogens is 216 g/mol. The Morgan fingerprint density at radius 1 is 1.12 bits per heavy atom. The molecular formula is C13H26N2O2. The van der Waals surface area contributed by atoms with E-state index in [1.54, 1.807) is 0 Å². The SMILES string of the molecule is CC#CCCCOCCOCC(CNC)NC. The van der Waals surface area contributed by atoms with Gasteiger partial charge < -0.3 is 20.1 Å². The van der Waals surface area contributed by atoms with Gasteiger partial charge in [0.2, 0.25) is 0 Å². The molecule has 0 aliphatic rings. The number of ether oxygens (including phenoxy) is 2. The number of nitrogens with one attached hydrogen (secondary N) is 2. The fourth-order valence-electron chi connectivity index (χ4n) is 1.32. The van der Waals surface area contributed by atoms with Gasteiger partial charge in [0.1, 0.15) is 0 Å². The van der Waals surface area contributed by atoms with Gasteiger partial charge in [0, 0.05) is 25.6 Å². The average Bonchev–Trinajstić information content (AvgIpc) is 2.35. The molecule has 1 unspecified atom stereocenters. The Bertz CT molecular complexity index is 211. The Morgan fingerprint density at radius 2 is 1.88 bits per heavy atom. The molecule has 2 N–H and O–H groups in total. The summed E-state index contributed by atoms with van der Waals surface area (Å²) in [6, 6.07) is 0.361. The standard InChI is InChI=1S/C13H26N2O2/c1-4-5-6-7-8-16-9-10-17-12-13(15-3)11-14-2/h13-15H,6-12H2,1-3H3. The van der Waals surface area contributed by atoms with Gasteiger partial charge in [-0.05, 0) is 27.4 Å². The van der Waals surface area contributed by atoms with Crippen molar-refractivity contribution in [2.75, 3.05) is 47.1 Å². The highest BCUT2D eigenvalue weighted by Gasteiger charge is 2.03. The van der Waals surface area contributed by atoms with E-state index >= 15 is 0 Å². The summed E-state index contributed by atoms with van der Waals surface area (Å²) >= 11 is 0. The van der Waals surface area contributed by atoms with E-state index in [1.165, 1.54) is 0 Å². The molecule has 0 aliphatic carbocycles. The van der Waals surface area contributed by atoms with Crippen LogP contribution >= 0.6 is 0 Å². The molecule has 17 heavy (non-hydrogen) atoms. The molecule has 0 aromatic rings. The van der Waals surface area contributed by atoms with Crippen LogP contribution in [0.1, 0.15) is 19.8 Å². The van der Waals surface area contributed by atoms with Crippen LogP contribution in [-0.4, -0.2) is 53.1 Å². The fourth-order valence-corrected chi connectivity index (χ4v) is 1.32. The van der Waals surface area contributed by atoms with Gasteiger partial charge in [-0.25, -0.2) is 0 Å². The van der Waals surface area contributed by atoms with Gasteiger partial charge in [-0.1, -0.05) is 0 Å². The molecule has 0 saturated carbocycles. The predicted octanol–water partition coefficient (Wildman–Crippen LogP) is 0.631. The van der Waals surface area contributed by atoms with E-state index in [4.69, 9.17) is 9.47 Å². The molecule has 0 aromatic heterocycles. The highest BCUT2D eigenvalue weighted by molar-refractivity contribution is 4.94. The van der Waals surface area contributed by atoms with Crippen molar-refractivity contribution in [3.8, 4) is 11.8 Å². The zero-order chi connectivity index (χ0) is 12.8. The molecule has 0 spiro atoms. The van der Waals surface area contributed by atoms with Crippen LogP contribution < -0.4 is 10.6 Å². The smallest absolute Gasteiger partial charge is 0.0701 e. The molecule has 0 fully saturated rings. The number of hydrogen-bond donors (Lipinski definition) is 2. The Balaban J connectivity index is 3.18. The normalized spacial score (nSPS) is 11.9. The molecule has 0 rings (SSSR count). The first-order chi connectivity index (χ1) is 8.35. The lowest BCUT2D eigenvalue weighted by molar-refractivity contribution is 0.0396. The summed E-state index contributed by atoms with van der Waals surface area (Å²) in [5.74, 6) is 5.88. The minimum Gasteiger partial charge on any atom is -0.379 e.